The van der Waals surface area contributed by atoms with E-state index < -0.39 is 6.04 Å². The number of nitrogens with one attached hydrogen (secondary N) is 1. The molecule has 0 aromatic carbocycles. The van der Waals surface area contributed by atoms with Crippen molar-refractivity contribution >= 4 is 18.3 Å². The summed E-state index contributed by atoms with van der Waals surface area (Å²) in [5, 5.41) is 11.7. The van der Waals surface area contributed by atoms with E-state index in [1.54, 1.807) is 0 Å². The minimum atomic E-state index is -0.469. The fourth-order valence-corrected chi connectivity index (χ4v) is 0.924. The average Bonchev–Trinajstić information content (AvgIpc) is 2.14. The first kappa shape index (κ1) is 17.1. The number of hydrogen-bond donors (Lipinski definition) is 3. The van der Waals surface area contributed by atoms with Crippen LogP contribution in [-0.4, -0.2) is 29.7 Å². The quantitative estimate of drug-likeness (QED) is 0.654. The van der Waals surface area contributed by atoms with Crippen molar-refractivity contribution in [1.29, 1.82) is 0 Å². The third kappa shape index (κ3) is 5.97. The Kier molecular flexibility index (Phi) is 9.01. The van der Waals surface area contributed by atoms with E-state index in [0.717, 1.165) is 0 Å². The maximum absolute atomic E-state index is 11.5. The summed E-state index contributed by atoms with van der Waals surface area (Å²) in [6.07, 6.45) is 0. The minimum Gasteiger partial charge on any atom is -0.396 e. The van der Waals surface area contributed by atoms with Gasteiger partial charge in [0.1, 0.15) is 0 Å². The Balaban J connectivity index is 0. The summed E-state index contributed by atoms with van der Waals surface area (Å²) in [6, 6.07) is -0.513. The molecule has 4 nitrogen and oxygen atoms in total. The second-order valence-corrected chi connectivity index (χ2v) is 4.23. The van der Waals surface area contributed by atoms with Crippen LogP contribution in [0, 0.1) is 11.8 Å². The topological polar surface area (TPSA) is 75.3 Å². The van der Waals surface area contributed by atoms with Crippen LogP contribution in [0.25, 0.3) is 0 Å². The number of amides is 1. The largest absolute Gasteiger partial charge is 0.396 e. The molecule has 15 heavy (non-hydrogen) atoms. The van der Waals surface area contributed by atoms with Gasteiger partial charge < -0.3 is 16.2 Å². The molecule has 2 unspecified atom stereocenters. The van der Waals surface area contributed by atoms with Crippen molar-refractivity contribution in [3.8, 4) is 0 Å². The average molecular weight is 239 g/mol. The van der Waals surface area contributed by atoms with Crippen molar-refractivity contribution < 1.29 is 9.90 Å². The predicted octanol–water partition coefficient (Wildman–Crippen LogP) is 0.525. The van der Waals surface area contributed by atoms with Crippen LogP contribution in [0.2, 0.25) is 0 Å². The minimum absolute atomic E-state index is 0. The molecule has 0 fully saturated rings. The molecule has 5 heteroatoms. The molecule has 0 saturated carbocycles. The number of halogens is 1. The Morgan fingerprint density at radius 2 is 1.80 bits per heavy atom. The molecule has 0 radical (unpaired) electrons. The van der Waals surface area contributed by atoms with E-state index in [-0.39, 0.29) is 42.8 Å². The summed E-state index contributed by atoms with van der Waals surface area (Å²) in [5.41, 5.74) is 5.68. The zero-order valence-electron chi connectivity index (χ0n) is 9.86. The van der Waals surface area contributed by atoms with Gasteiger partial charge in [-0.15, -0.1) is 12.4 Å². The first-order valence-electron chi connectivity index (χ1n) is 5.07. The van der Waals surface area contributed by atoms with Crippen LogP contribution in [0.3, 0.4) is 0 Å². The van der Waals surface area contributed by atoms with E-state index in [2.05, 4.69) is 5.32 Å². The second kappa shape index (κ2) is 7.91. The van der Waals surface area contributed by atoms with Gasteiger partial charge in [0.15, 0.2) is 0 Å². The van der Waals surface area contributed by atoms with Crippen LogP contribution >= 0.6 is 12.4 Å². The maximum atomic E-state index is 11.5. The lowest BCUT2D eigenvalue weighted by molar-refractivity contribution is -0.124. The molecule has 0 aromatic rings. The van der Waals surface area contributed by atoms with E-state index in [1.807, 2.05) is 27.7 Å². The smallest absolute Gasteiger partial charge is 0.237 e. The monoisotopic (exact) mass is 238 g/mol. The summed E-state index contributed by atoms with van der Waals surface area (Å²) in [7, 11) is 0. The molecule has 92 valence electrons. The molecular formula is C10H23ClN2O2. The molecule has 0 saturated heterocycles. The van der Waals surface area contributed by atoms with Gasteiger partial charge in [0.2, 0.25) is 5.91 Å². The lowest BCUT2D eigenvalue weighted by Gasteiger charge is -2.22. The summed E-state index contributed by atoms with van der Waals surface area (Å²) in [4.78, 5) is 11.5. The van der Waals surface area contributed by atoms with E-state index in [4.69, 9.17) is 10.8 Å². The third-order valence-electron chi connectivity index (χ3n) is 2.53. The zero-order chi connectivity index (χ0) is 11.3. The predicted molar refractivity (Wildman–Crippen MR) is 63.9 cm³/mol. The highest BCUT2D eigenvalue weighted by Crippen LogP contribution is 2.03. The Hall–Kier alpha value is -0.320. The van der Waals surface area contributed by atoms with Gasteiger partial charge in [-0.2, -0.15) is 0 Å². The van der Waals surface area contributed by atoms with E-state index in [1.165, 1.54) is 0 Å². The molecule has 0 rings (SSSR count). The Bertz CT molecular complexity index is 188. The van der Waals surface area contributed by atoms with Crippen molar-refractivity contribution in [2.75, 3.05) is 6.61 Å². The van der Waals surface area contributed by atoms with Crippen LogP contribution < -0.4 is 11.1 Å². The summed E-state index contributed by atoms with van der Waals surface area (Å²) in [5.74, 6) is 0.0396. The summed E-state index contributed by atoms with van der Waals surface area (Å²) >= 11 is 0. The van der Waals surface area contributed by atoms with Gasteiger partial charge in [0, 0.05) is 12.6 Å². The maximum Gasteiger partial charge on any atom is 0.237 e. The van der Waals surface area contributed by atoms with Crippen molar-refractivity contribution in [1.82, 2.24) is 5.32 Å². The number of nitrogens with two attached hydrogens (primary N) is 1. The van der Waals surface area contributed by atoms with E-state index >= 15 is 0 Å². The lowest BCUT2D eigenvalue weighted by atomic mass is 10.0. The molecule has 3 atom stereocenters. The standard InChI is InChI=1S/C10H22N2O2.ClH/c1-6(2)9(11)10(14)12-8(4)7(3)5-13;/h6-9,13H,5,11H2,1-4H3,(H,12,14);1H/t7?,8?,9-;/m0./s1. The van der Waals surface area contributed by atoms with Crippen LogP contribution in [-0.2, 0) is 4.79 Å². The highest BCUT2D eigenvalue weighted by Gasteiger charge is 2.20. The summed E-state index contributed by atoms with van der Waals surface area (Å²) in [6.45, 7) is 7.63. The fourth-order valence-electron chi connectivity index (χ4n) is 0.924. The molecule has 0 bridgehead atoms. The number of hydrogen-bond acceptors (Lipinski definition) is 3. The van der Waals surface area contributed by atoms with Gasteiger partial charge in [-0.05, 0) is 18.8 Å². The SMILES string of the molecule is CC(CO)C(C)NC(=O)[C@@H](N)C(C)C.Cl. The molecule has 1 amide bonds. The van der Waals surface area contributed by atoms with Gasteiger partial charge in [-0.3, -0.25) is 4.79 Å². The van der Waals surface area contributed by atoms with Crippen molar-refractivity contribution in [3.05, 3.63) is 0 Å². The molecule has 0 aliphatic carbocycles. The van der Waals surface area contributed by atoms with Crippen molar-refractivity contribution in [3.63, 3.8) is 0 Å². The highest BCUT2D eigenvalue weighted by molar-refractivity contribution is 5.85. The first-order valence-corrected chi connectivity index (χ1v) is 5.07. The molecule has 0 spiro atoms. The van der Waals surface area contributed by atoms with Gasteiger partial charge >= 0.3 is 0 Å². The van der Waals surface area contributed by atoms with Crippen LogP contribution in [0.1, 0.15) is 27.7 Å². The zero-order valence-corrected chi connectivity index (χ0v) is 10.7. The van der Waals surface area contributed by atoms with Crippen LogP contribution in [0.4, 0.5) is 0 Å². The number of aliphatic hydroxyl groups excluding tert-OH is 1. The molecule has 0 aromatic heterocycles. The Labute approximate surface area is 98.0 Å². The number of aliphatic hydroxyl groups is 1. The molecule has 4 N–H and O–H groups in total. The van der Waals surface area contributed by atoms with Crippen molar-refractivity contribution in [2.45, 2.75) is 39.8 Å². The number of rotatable bonds is 5. The van der Waals surface area contributed by atoms with Crippen LogP contribution in [0.15, 0.2) is 0 Å². The van der Waals surface area contributed by atoms with E-state index in [9.17, 15) is 4.79 Å². The molecule has 0 heterocycles. The molecule has 0 aliphatic rings. The number of carbonyl (C=O) groups is 1. The molecular weight excluding hydrogens is 216 g/mol. The van der Waals surface area contributed by atoms with Crippen molar-refractivity contribution in [2.24, 2.45) is 17.6 Å². The fraction of sp³-hybridized carbons (Fsp3) is 0.900. The highest BCUT2D eigenvalue weighted by atomic mass is 35.5. The normalized spacial score (nSPS) is 16.5. The first-order chi connectivity index (χ1) is 6.40. The Morgan fingerprint density at radius 1 is 1.33 bits per heavy atom. The van der Waals surface area contributed by atoms with E-state index in [0.29, 0.717) is 0 Å². The van der Waals surface area contributed by atoms with Gasteiger partial charge in [0.25, 0.3) is 0 Å². The summed E-state index contributed by atoms with van der Waals surface area (Å²) < 4.78 is 0. The Morgan fingerprint density at radius 3 is 2.13 bits per heavy atom. The van der Waals surface area contributed by atoms with Gasteiger partial charge in [-0.1, -0.05) is 20.8 Å². The third-order valence-corrected chi connectivity index (χ3v) is 2.53. The number of carbonyl (C=O) groups excluding carboxylic acids is 1. The van der Waals surface area contributed by atoms with Gasteiger partial charge in [0.05, 0.1) is 6.04 Å². The lowest BCUT2D eigenvalue weighted by Crippen LogP contribution is -2.49. The van der Waals surface area contributed by atoms with Gasteiger partial charge in [-0.25, -0.2) is 0 Å². The van der Waals surface area contributed by atoms with Crippen LogP contribution in [0.5, 0.6) is 0 Å². The molecule has 0 aliphatic heterocycles. The second-order valence-electron chi connectivity index (χ2n) is 4.23.